The van der Waals surface area contributed by atoms with Gasteiger partial charge in [-0.25, -0.2) is 0 Å². The van der Waals surface area contributed by atoms with Crippen molar-refractivity contribution in [2.24, 2.45) is 0 Å². The first-order chi connectivity index (χ1) is 30.3. The predicted molar refractivity (Wildman–Crippen MR) is 254 cm³/mol. The van der Waals surface area contributed by atoms with E-state index in [0.29, 0.717) is 0 Å². The summed E-state index contributed by atoms with van der Waals surface area (Å²) in [5.41, 5.74) is 17.6. The number of allylic oxidation sites excluding steroid dienone is 4. The minimum atomic E-state index is -0.462. The van der Waals surface area contributed by atoms with Crippen LogP contribution in [0, 0.1) is 0 Å². The third-order valence-electron chi connectivity index (χ3n) is 13.1. The fourth-order valence-electron chi connectivity index (χ4n) is 10.5. The molecule has 1 aromatic heterocycles. The average molecular weight is 780 g/mol. The lowest BCUT2D eigenvalue weighted by Gasteiger charge is -2.35. The summed E-state index contributed by atoms with van der Waals surface area (Å²) in [5.74, 6) is 0. The molecule has 2 heteroatoms. The first-order valence-electron chi connectivity index (χ1n) is 21.3. The Morgan fingerprint density at radius 2 is 1.08 bits per heavy atom. The van der Waals surface area contributed by atoms with Gasteiger partial charge >= 0.3 is 0 Å². The van der Waals surface area contributed by atoms with Gasteiger partial charge in [0.05, 0.1) is 11.1 Å². The van der Waals surface area contributed by atoms with Crippen molar-refractivity contribution in [2.45, 2.75) is 18.3 Å². The fraction of sp³-hybridized carbons (Fsp3) is 0.0508. The van der Waals surface area contributed by atoms with Crippen LogP contribution >= 0.6 is 0 Å². The molecule has 2 nitrogen and oxygen atoms in total. The molecular formula is C59H41NO. The van der Waals surface area contributed by atoms with E-state index in [-0.39, 0.29) is 0 Å². The maximum Gasteiger partial charge on any atom is 0.136 e. The molecule has 2 aliphatic carbocycles. The van der Waals surface area contributed by atoms with E-state index in [9.17, 15) is 0 Å². The van der Waals surface area contributed by atoms with Crippen LogP contribution in [0.15, 0.2) is 235 Å². The van der Waals surface area contributed by atoms with Crippen LogP contribution in [0.5, 0.6) is 0 Å². The summed E-state index contributed by atoms with van der Waals surface area (Å²) in [6, 6.07) is 77.6. The van der Waals surface area contributed by atoms with Gasteiger partial charge in [-0.05, 0) is 110 Å². The molecule has 0 saturated heterocycles. The van der Waals surface area contributed by atoms with Crippen molar-refractivity contribution in [3.05, 3.63) is 258 Å². The third kappa shape index (κ3) is 5.49. The summed E-state index contributed by atoms with van der Waals surface area (Å²) >= 11 is 0. The molecule has 0 bridgehead atoms. The Balaban J connectivity index is 1.10. The molecule has 0 unspecified atom stereocenters. The molecule has 0 N–H and O–H groups in total. The molecule has 12 rings (SSSR count). The summed E-state index contributed by atoms with van der Waals surface area (Å²) in [5, 5.41) is 4.82. The van der Waals surface area contributed by atoms with Crippen molar-refractivity contribution in [1.29, 1.82) is 0 Å². The molecule has 0 spiro atoms. The lowest BCUT2D eigenvalue weighted by molar-refractivity contribution is 0.669. The Labute approximate surface area is 356 Å². The number of rotatable bonds is 7. The molecule has 0 radical (unpaired) electrons. The van der Waals surface area contributed by atoms with E-state index in [1.807, 2.05) is 6.07 Å². The molecule has 288 valence electrons. The highest BCUT2D eigenvalue weighted by atomic mass is 16.3. The van der Waals surface area contributed by atoms with E-state index in [4.69, 9.17) is 4.42 Å². The Kier molecular flexibility index (Phi) is 8.24. The van der Waals surface area contributed by atoms with Crippen molar-refractivity contribution in [3.63, 3.8) is 0 Å². The summed E-state index contributed by atoms with van der Waals surface area (Å²) < 4.78 is 6.33. The topological polar surface area (TPSA) is 16.4 Å². The van der Waals surface area contributed by atoms with Crippen LogP contribution in [0.1, 0.15) is 40.7 Å². The van der Waals surface area contributed by atoms with Gasteiger partial charge in [0.15, 0.2) is 0 Å². The first kappa shape index (κ1) is 35.3. The van der Waals surface area contributed by atoms with E-state index in [0.717, 1.165) is 35.1 Å². The molecule has 0 amide bonds. The number of para-hydroxylation sites is 1. The highest BCUT2D eigenvalue weighted by Crippen LogP contribution is 2.57. The van der Waals surface area contributed by atoms with Gasteiger partial charge in [-0.2, -0.15) is 0 Å². The van der Waals surface area contributed by atoms with Crippen LogP contribution in [0.3, 0.4) is 0 Å². The number of nitrogens with zero attached hydrogens (tertiary/aromatic N) is 1. The number of benzene rings is 9. The summed E-state index contributed by atoms with van der Waals surface area (Å²) in [4.78, 5) is 2.55. The van der Waals surface area contributed by atoms with Gasteiger partial charge < -0.3 is 9.32 Å². The van der Waals surface area contributed by atoms with E-state index in [2.05, 4.69) is 223 Å². The zero-order valence-electron chi connectivity index (χ0n) is 33.6. The quantitative estimate of drug-likeness (QED) is 0.160. The van der Waals surface area contributed by atoms with Crippen molar-refractivity contribution < 1.29 is 4.42 Å². The number of fused-ring (bicyclic) bond motifs is 7. The molecule has 0 saturated carbocycles. The molecular weight excluding hydrogens is 739 g/mol. The number of furan rings is 1. The SMILES string of the molecule is C1=C(c2cccc3oc4ccccc4c23)CCC(N(c2ccc3c(c2)-c2ccccc2C3(c2ccccc2)c2ccccc2)c2ccc3ccccc3c2-c2ccccc2)=C1. The van der Waals surface area contributed by atoms with Gasteiger partial charge in [0.25, 0.3) is 0 Å². The lowest BCUT2D eigenvalue weighted by Crippen LogP contribution is -2.28. The fourth-order valence-corrected chi connectivity index (χ4v) is 10.5. The number of hydrogen-bond acceptors (Lipinski definition) is 2. The molecule has 10 aromatic rings. The zero-order chi connectivity index (χ0) is 40.3. The Morgan fingerprint density at radius 3 is 1.85 bits per heavy atom. The van der Waals surface area contributed by atoms with Crippen LogP contribution in [0.4, 0.5) is 11.4 Å². The second kappa shape index (κ2) is 14.3. The monoisotopic (exact) mass is 779 g/mol. The Bertz CT molecular complexity index is 3320. The highest BCUT2D eigenvalue weighted by Gasteiger charge is 2.46. The molecule has 0 fully saturated rings. The van der Waals surface area contributed by atoms with Crippen LogP contribution < -0.4 is 4.90 Å². The maximum atomic E-state index is 6.33. The van der Waals surface area contributed by atoms with Crippen molar-refractivity contribution in [1.82, 2.24) is 0 Å². The van der Waals surface area contributed by atoms with E-state index >= 15 is 0 Å². The molecule has 0 aliphatic heterocycles. The van der Waals surface area contributed by atoms with Gasteiger partial charge in [-0.15, -0.1) is 0 Å². The summed E-state index contributed by atoms with van der Waals surface area (Å²) in [6.45, 7) is 0. The standard InChI is InChI=1S/C59H41NO/c1-4-18-42(19-5-1)57-47-24-11-10-17-40(47)33-38-54(57)60(45-34-31-41(32-35-45)48-27-16-30-56-58(48)50-26-13-15-29-55(50)61-56)46-36-37-53-51(39-46)49-25-12-14-28-52(49)59(53,43-20-6-2-7-21-43)44-22-8-3-9-23-44/h1-31,33-34,36-39H,32,35H2. The molecule has 1 heterocycles. The maximum absolute atomic E-state index is 6.33. The normalized spacial score (nSPS) is 14.1. The average Bonchev–Trinajstić information content (AvgIpc) is 3.87. The van der Waals surface area contributed by atoms with Gasteiger partial charge in [0.2, 0.25) is 0 Å². The van der Waals surface area contributed by atoms with Crippen LogP contribution in [0.2, 0.25) is 0 Å². The van der Waals surface area contributed by atoms with Gasteiger partial charge in [0, 0.05) is 27.7 Å². The molecule has 9 aromatic carbocycles. The zero-order valence-corrected chi connectivity index (χ0v) is 33.6. The van der Waals surface area contributed by atoms with E-state index in [1.165, 1.54) is 83.2 Å². The molecule has 2 aliphatic rings. The second-order valence-corrected chi connectivity index (χ2v) is 16.3. The largest absolute Gasteiger partial charge is 0.456 e. The second-order valence-electron chi connectivity index (χ2n) is 16.3. The van der Waals surface area contributed by atoms with Crippen LogP contribution in [-0.4, -0.2) is 0 Å². The van der Waals surface area contributed by atoms with Crippen molar-refractivity contribution in [2.75, 3.05) is 4.90 Å². The number of anilines is 2. The first-order valence-corrected chi connectivity index (χ1v) is 21.3. The third-order valence-corrected chi connectivity index (χ3v) is 13.1. The number of hydrogen-bond donors (Lipinski definition) is 0. The van der Waals surface area contributed by atoms with E-state index < -0.39 is 5.41 Å². The Hall–Kier alpha value is -7.68. The molecule has 0 atom stereocenters. The lowest BCUT2D eigenvalue weighted by atomic mass is 9.68. The Morgan fingerprint density at radius 1 is 0.443 bits per heavy atom. The van der Waals surface area contributed by atoms with Crippen LogP contribution in [0.25, 0.3) is 60.5 Å². The highest BCUT2D eigenvalue weighted by molar-refractivity contribution is 6.10. The minimum absolute atomic E-state index is 0.462. The predicted octanol–water partition coefficient (Wildman–Crippen LogP) is 15.7. The molecule has 61 heavy (non-hydrogen) atoms. The summed E-state index contributed by atoms with van der Waals surface area (Å²) in [7, 11) is 0. The summed E-state index contributed by atoms with van der Waals surface area (Å²) in [6.07, 6.45) is 6.48. The van der Waals surface area contributed by atoms with Gasteiger partial charge in [-0.3, -0.25) is 0 Å². The minimum Gasteiger partial charge on any atom is -0.456 e. The van der Waals surface area contributed by atoms with E-state index in [1.54, 1.807) is 0 Å². The van der Waals surface area contributed by atoms with Crippen molar-refractivity contribution in [3.8, 4) is 22.3 Å². The van der Waals surface area contributed by atoms with Crippen LogP contribution in [-0.2, 0) is 5.41 Å². The van der Waals surface area contributed by atoms with Gasteiger partial charge in [-0.1, -0.05) is 188 Å². The smallest absolute Gasteiger partial charge is 0.136 e. The van der Waals surface area contributed by atoms with Gasteiger partial charge in [0.1, 0.15) is 11.2 Å². The van der Waals surface area contributed by atoms with Crippen molar-refractivity contribution >= 4 is 49.7 Å².